The molecule has 2 atom stereocenters. The number of hydrogen-bond donors (Lipinski definition) is 1. The summed E-state index contributed by atoms with van der Waals surface area (Å²) in [6, 6.07) is 9.82. The lowest BCUT2D eigenvalue weighted by Crippen LogP contribution is -2.43. The average molecular weight is 412 g/mol. The Morgan fingerprint density at radius 1 is 1.28 bits per heavy atom. The molecule has 1 N–H and O–H groups in total. The van der Waals surface area contributed by atoms with E-state index in [1.807, 2.05) is 30.3 Å². The molecule has 152 valence electrons. The molecule has 1 amide bonds. The van der Waals surface area contributed by atoms with Gasteiger partial charge in [0.2, 0.25) is 5.91 Å². The van der Waals surface area contributed by atoms with Gasteiger partial charge in [0.1, 0.15) is 17.0 Å². The smallest absolute Gasteiger partial charge is 0.271 e. The van der Waals surface area contributed by atoms with Crippen molar-refractivity contribution in [2.24, 2.45) is 5.92 Å². The zero-order chi connectivity index (χ0) is 20.4. The third-order valence-electron chi connectivity index (χ3n) is 5.65. The number of nitrogens with one attached hydrogen (secondary N) is 1. The van der Waals surface area contributed by atoms with Crippen LogP contribution in [0.3, 0.4) is 0 Å². The summed E-state index contributed by atoms with van der Waals surface area (Å²) in [4.78, 5) is 30.8. The van der Waals surface area contributed by atoms with Gasteiger partial charge in [0.15, 0.2) is 0 Å². The first-order chi connectivity index (χ1) is 14.0. The van der Waals surface area contributed by atoms with E-state index in [9.17, 15) is 9.59 Å². The fourth-order valence-corrected chi connectivity index (χ4v) is 4.96. The molecule has 0 saturated heterocycles. The summed E-state index contributed by atoms with van der Waals surface area (Å²) in [5.41, 5.74) is 1.48. The van der Waals surface area contributed by atoms with E-state index >= 15 is 0 Å². The first-order valence-corrected chi connectivity index (χ1v) is 10.8. The topological polar surface area (TPSA) is 73.2 Å². The van der Waals surface area contributed by atoms with Gasteiger partial charge in [-0.2, -0.15) is 0 Å². The first kappa shape index (κ1) is 19.6. The Hall–Kier alpha value is -2.67. The van der Waals surface area contributed by atoms with Crippen LogP contribution >= 0.6 is 11.3 Å². The number of ether oxygens (including phenoxy) is 1. The van der Waals surface area contributed by atoms with E-state index in [-0.39, 0.29) is 24.1 Å². The molecule has 1 saturated carbocycles. The van der Waals surface area contributed by atoms with Crippen LogP contribution in [-0.2, 0) is 11.3 Å². The number of carbonyl (C=O) groups excluding carboxylic acids is 1. The Morgan fingerprint density at radius 3 is 2.76 bits per heavy atom. The fourth-order valence-electron chi connectivity index (χ4n) is 3.89. The Morgan fingerprint density at radius 2 is 2.03 bits per heavy atom. The predicted molar refractivity (Wildman–Crippen MR) is 115 cm³/mol. The number of nitrogens with zero attached hydrogens (tertiary/aromatic N) is 2. The third-order valence-corrected chi connectivity index (χ3v) is 6.81. The lowest BCUT2D eigenvalue weighted by Gasteiger charge is -2.29. The lowest BCUT2D eigenvalue weighted by atomic mass is 9.86. The number of hydrogen-bond acceptors (Lipinski definition) is 5. The molecule has 1 aromatic carbocycles. The largest absolute Gasteiger partial charge is 0.497 e. The van der Waals surface area contributed by atoms with Gasteiger partial charge in [-0.15, -0.1) is 11.3 Å². The second-order valence-electron chi connectivity index (χ2n) is 7.67. The Balaban J connectivity index is 1.54. The summed E-state index contributed by atoms with van der Waals surface area (Å²) in [6.45, 7) is 2.18. The van der Waals surface area contributed by atoms with Gasteiger partial charge in [-0.25, -0.2) is 4.98 Å². The maximum absolute atomic E-state index is 12.9. The highest BCUT2D eigenvalue weighted by molar-refractivity contribution is 7.22. The Labute approximate surface area is 173 Å². The maximum atomic E-state index is 12.9. The molecule has 1 aliphatic rings. The Kier molecular flexibility index (Phi) is 5.67. The molecule has 0 unspecified atom stereocenters. The molecule has 0 spiro atoms. The molecule has 6 nitrogen and oxygen atoms in total. The van der Waals surface area contributed by atoms with Crippen molar-refractivity contribution in [2.75, 3.05) is 7.11 Å². The van der Waals surface area contributed by atoms with Gasteiger partial charge < -0.3 is 10.1 Å². The summed E-state index contributed by atoms with van der Waals surface area (Å²) in [5, 5.41) is 3.10. The van der Waals surface area contributed by atoms with Crippen LogP contribution in [0.25, 0.3) is 20.7 Å². The number of thiophene rings is 1. The molecule has 2 heterocycles. The number of amides is 1. The summed E-state index contributed by atoms with van der Waals surface area (Å²) < 4.78 is 7.17. The van der Waals surface area contributed by atoms with E-state index < -0.39 is 0 Å². The van der Waals surface area contributed by atoms with Crippen LogP contribution in [0.2, 0.25) is 0 Å². The van der Waals surface area contributed by atoms with E-state index in [1.165, 1.54) is 28.7 Å². The number of carbonyl (C=O) groups is 1. The molecule has 0 bridgehead atoms. The van der Waals surface area contributed by atoms with Crippen LogP contribution in [0.5, 0.6) is 5.75 Å². The van der Waals surface area contributed by atoms with E-state index in [0.29, 0.717) is 16.1 Å². The van der Waals surface area contributed by atoms with Gasteiger partial charge in [-0.05, 0) is 54.7 Å². The van der Waals surface area contributed by atoms with Gasteiger partial charge in [0, 0.05) is 10.9 Å². The molecule has 1 fully saturated rings. The summed E-state index contributed by atoms with van der Waals surface area (Å²) in [7, 11) is 1.63. The number of benzene rings is 1. The van der Waals surface area contributed by atoms with Crippen molar-refractivity contribution in [2.45, 2.75) is 45.2 Å². The monoisotopic (exact) mass is 411 g/mol. The minimum atomic E-state index is -0.174. The zero-order valence-corrected chi connectivity index (χ0v) is 17.5. The van der Waals surface area contributed by atoms with Crippen LogP contribution in [0.4, 0.5) is 0 Å². The van der Waals surface area contributed by atoms with Crippen molar-refractivity contribution >= 4 is 27.5 Å². The van der Waals surface area contributed by atoms with Crippen molar-refractivity contribution in [3.05, 3.63) is 47.0 Å². The number of fused-ring (bicyclic) bond motifs is 1. The second kappa shape index (κ2) is 8.37. The van der Waals surface area contributed by atoms with Gasteiger partial charge in [0.25, 0.3) is 5.56 Å². The summed E-state index contributed by atoms with van der Waals surface area (Å²) in [6.07, 6.45) is 5.99. The van der Waals surface area contributed by atoms with E-state index in [1.54, 1.807) is 7.11 Å². The third kappa shape index (κ3) is 4.19. The van der Waals surface area contributed by atoms with Crippen molar-refractivity contribution in [1.29, 1.82) is 0 Å². The summed E-state index contributed by atoms with van der Waals surface area (Å²) in [5.74, 6) is 1.14. The fraction of sp³-hybridized carbons (Fsp3) is 0.409. The minimum Gasteiger partial charge on any atom is -0.497 e. The molecule has 3 aromatic rings. The van der Waals surface area contributed by atoms with Gasteiger partial charge in [-0.1, -0.05) is 19.8 Å². The quantitative estimate of drug-likeness (QED) is 0.693. The van der Waals surface area contributed by atoms with Crippen LogP contribution in [-0.4, -0.2) is 28.6 Å². The molecular weight excluding hydrogens is 386 g/mol. The summed E-state index contributed by atoms with van der Waals surface area (Å²) >= 11 is 1.40. The molecule has 29 heavy (non-hydrogen) atoms. The first-order valence-electron chi connectivity index (χ1n) is 9.98. The molecule has 0 radical (unpaired) electrons. The van der Waals surface area contributed by atoms with Crippen molar-refractivity contribution in [3.8, 4) is 16.2 Å². The highest BCUT2D eigenvalue weighted by Crippen LogP contribution is 2.31. The molecule has 7 heteroatoms. The second-order valence-corrected chi connectivity index (χ2v) is 8.72. The number of rotatable bonds is 5. The van der Waals surface area contributed by atoms with Gasteiger partial charge in [-0.3, -0.25) is 14.2 Å². The highest BCUT2D eigenvalue weighted by Gasteiger charge is 2.23. The standard InChI is InChI=1S/C22H25N3O3S/c1-14-5-3-4-6-17(14)24-20(26)12-25-13-23-18-11-19(29-21(18)22(25)27)15-7-9-16(28-2)10-8-15/h7-11,13-14,17H,3-6,12H2,1-2H3,(H,24,26)/t14-,17-/m0/s1. The maximum Gasteiger partial charge on any atom is 0.271 e. The zero-order valence-electron chi connectivity index (χ0n) is 16.7. The SMILES string of the molecule is COc1ccc(-c2cc3ncn(CC(=O)N[C@H]4CCCC[C@@H]4C)c(=O)c3s2)cc1. The normalized spacial score (nSPS) is 19.2. The predicted octanol–water partition coefficient (Wildman–Crippen LogP) is 3.83. The minimum absolute atomic E-state index is 0.000756. The highest BCUT2D eigenvalue weighted by atomic mass is 32.1. The van der Waals surface area contributed by atoms with Crippen molar-refractivity contribution in [3.63, 3.8) is 0 Å². The van der Waals surface area contributed by atoms with Crippen LogP contribution < -0.4 is 15.6 Å². The number of methoxy groups -OCH3 is 1. The number of aromatic nitrogens is 2. The van der Waals surface area contributed by atoms with Crippen molar-refractivity contribution < 1.29 is 9.53 Å². The molecule has 2 aromatic heterocycles. The van der Waals surface area contributed by atoms with Gasteiger partial charge >= 0.3 is 0 Å². The Bertz CT molecular complexity index is 1070. The molecule has 0 aliphatic heterocycles. The van der Waals surface area contributed by atoms with Gasteiger partial charge in [0.05, 0.1) is 19.0 Å². The van der Waals surface area contributed by atoms with E-state index in [2.05, 4.69) is 17.2 Å². The molecule has 4 rings (SSSR count). The van der Waals surface area contributed by atoms with Crippen LogP contribution in [0.15, 0.2) is 41.5 Å². The molecular formula is C22H25N3O3S. The average Bonchev–Trinajstić information content (AvgIpc) is 3.17. The lowest BCUT2D eigenvalue weighted by molar-refractivity contribution is -0.123. The van der Waals surface area contributed by atoms with E-state index in [0.717, 1.165) is 35.5 Å². The van der Waals surface area contributed by atoms with Crippen LogP contribution in [0.1, 0.15) is 32.6 Å². The van der Waals surface area contributed by atoms with Crippen LogP contribution in [0, 0.1) is 5.92 Å². The van der Waals surface area contributed by atoms with E-state index in [4.69, 9.17) is 4.74 Å². The van der Waals surface area contributed by atoms with Crippen molar-refractivity contribution in [1.82, 2.24) is 14.9 Å². The molecule has 1 aliphatic carbocycles.